The average Bonchev–Trinajstić information content (AvgIpc) is 2.55. The lowest BCUT2D eigenvalue weighted by Crippen LogP contribution is -2.22. The molecule has 0 spiro atoms. The number of ether oxygens (including phenoxy) is 1. The van der Waals surface area contributed by atoms with Crippen LogP contribution in [0.5, 0.6) is 5.75 Å². The number of benzene rings is 2. The van der Waals surface area contributed by atoms with Crippen LogP contribution in [0.2, 0.25) is 0 Å². The highest BCUT2D eigenvalue weighted by atomic mass is 16.5. The summed E-state index contributed by atoms with van der Waals surface area (Å²) in [6.07, 6.45) is -0.376. The molecule has 0 saturated carbocycles. The van der Waals surface area contributed by atoms with Gasteiger partial charge in [0.25, 0.3) is 0 Å². The number of para-hydroxylation sites is 2. The highest BCUT2D eigenvalue weighted by Crippen LogP contribution is 2.23. The Morgan fingerprint density at radius 3 is 2.42 bits per heavy atom. The second-order valence-electron chi connectivity index (χ2n) is 4.92. The number of carbonyl (C=O) groups is 3. The number of amides is 3. The Hall–Kier alpha value is -3.35. The fourth-order valence-electron chi connectivity index (χ4n) is 2.04. The summed E-state index contributed by atoms with van der Waals surface area (Å²) in [7, 11) is 1.49. The first-order valence-electron chi connectivity index (χ1n) is 7.12. The third kappa shape index (κ3) is 4.57. The molecule has 0 fully saturated rings. The lowest BCUT2D eigenvalue weighted by Gasteiger charge is -2.10. The van der Waals surface area contributed by atoms with Crippen molar-refractivity contribution in [2.75, 3.05) is 17.7 Å². The Bertz CT molecular complexity index is 774. The molecule has 124 valence electrons. The van der Waals surface area contributed by atoms with Crippen LogP contribution < -0.4 is 21.1 Å². The predicted octanol–water partition coefficient (Wildman–Crippen LogP) is 1.76. The smallest absolute Gasteiger partial charge is 0.248 e. The Morgan fingerprint density at radius 2 is 1.71 bits per heavy atom. The molecule has 2 aromatic rings. The summed E-state index contributed by atoms with van der Waals surface area (Å²) < 4.78 is 5.12. The SMILES string of the molecule is COc1ccccc1NC(=O)CC(=O)Nc1cccc(C(N)=O)c1. The molecule has 0 aliphatic carbocycles. The number of methoxy groups -OCH3 is 1. The number of primary amides is 1. The molecule has 0 radical (unpaired) electrons. The van der Waals surface area contributed by atoms with Crippen LogP contribution in [0.25, 0.3) is 0 Å². The molecule has 2 rings (SSSR count). The number of hydrogen-bond donors (Lipinski definition) is 3. The van der Waals surface area contributed by atoms with Gasteiger partial charge in [0.2, 0.25) is 17.7 Å². The van der Waals surface area contributed by atoms with Crippen LogP contribution in [0.1, 0.15) is 16.8 Å². The number of hydrogen-bond acceptors (Lipinski definition) is 4. The van der Waals surface area contributed by atoms with E-state index in [4.69, 9.17) is 10.5 Å². The largest absolute Gasteiger partial charge is 0.495 e. The molecule has 7 heteroatoms. The zero-order chi connectivity index (χ0) is 17.5. The van der Waals surface area contributed by atoms with E-state index in [1.54, 1.807) is 36.4 Å². The normalized spacial score (nSPS) is 9.88. The van der Waals surface area contributed by atoms with Gasteiger partial charge in [-0.05, 0) is 30.3 Å². The summed E-state index contributed by atoms with van der Waals surface area (Å²) in [5.74, 6) is -1.09. The number of anilines is 2. The van der Waals surface area contributed by atoms with Crippen molar-refractivity contribution in [2.24, 2.45) is 5.73 Å². The molecule has 2 aromatic carbocycles. The third-order valence-corrected chi connectivity index (χ3v) is 3.13. The molecule has 0 heterocycles. The van der Waals surface area contributed by atoms with Gasteiger partial charge in [-0.25, -0.2) is 0 Å². The molecular weight excluding hydrogens is 310 g/mol. The second-order valence-corrected chi connectivity index (χ2v) is 4.92. The molecule has 0 bridgehead atoms. The van der Waals surface area contributed by atoms with Crippen LogP contribution >= 0.6 is 0 Å². The van der Waals surface area contributed by atoms with Gasteiger partial charge in [-0.15, -0.1) is 0 Å². The number of rotatable bonds is 6. The molecular formula is C17H17N3O4. The summed E-state index contributed by atoms with van der Waals surface area (Å²) in [5.41, 5.74) is 6.32. The zero-order valence-corrected chi connectivity index (χ0v) is 13.0. The van der Waals surface area contributed by atoms with Crippen molar-refractivity contribution in [1.82, 2.24) is 0 Å². The monoisotopic (exact) mass is 327 g/mol. The van der Waals surface area contributed by atoms with Gasteiger partial charge < -0.3 is 21.1 Å². The van der Waals surface area contributed by atoms with Gasteiger partial charge in [0.15, 0.2) is 0 Å². The van der Waals surface area contributed by atoms with E-state index in [0.29, 0.717) is 17.1 Å². The van der Waals surface area contributed by atoms with E-state index in [1.165, 1.54) is 19.2 Å². The molecule has 4 N–H and O–H groups in total. The Labute approximate surface area is 138 Å². The van der Waals surface area contributed by atoms with Crippen molar-refractivity contribution in [3.8, 4) is 5.75 Å². The Morgan fingerprint density at radius 1 is 1.00 bits per heavy atom. The average molecular weight is 327 g/mol. The van der Waals surface area contributed by atoms with E-state index in [1.807, 2.05) is 0 Å². The first-order chi connectivity index (χ1) is 11.5. The van der Waals surface area contributed by atoms with E-state index >= 15 is 0 Å². The minimum absolute atomic E-state index is 0.270. The Balaban J connectivity index is 1.96. The van der Waals surface area contributed by atoms with Crippen molar-refractivity contribution >= 4 is 29.1 Å². The molecule has 3 amide bonds. The van der Waals surface area contributed by atoms with Crippen LogP contribution in [0.4, 0.5) is 11.4 Å². The summed E-state index contributed by atoms with van der Waals surface area (Å²) in [6, 6.07) is 13.0. The van der Waals surface area contributed by atoms with Crippen LogP contribution in [0.15, 0.2) is 48.5 Å². The minimum atomic E-state index is -0.597. The molecule has 0 unspecified atom stereocenters. The lowest BCUT2D eigenvalue weighted by molar-refractivity contribution is -0.123. The molecule has 0 aliphatic heterocycles. The van der Waals surface area contributed by atoms with E-state index in [0.717, 1.165) is 0 Å². The molecule has 7 nitrogen and oxygen atoms in total. The fraction of sp³-hybridized carbons (Fsp3) is 0.118. The maximum atomic E-state index is 12.0. The van der Waals surface area contributed by atoms with Crippen molar-refractivity contribution < 1.29 is 19.1 Å². The minimum Gasteiger partial charge on any atom is -0.495 e. The van der Waals surface area contributed by atoms with Gasteiger partial charge in [0.05, 0.1) is 12.8 Å². The number of carbonyl (C=O) groups excluding carboxylic acids is 3. The van der Waals surface area contributed by atoms with Crippen LogP contribution in [-0.2, 0) is 9.59 Å². The van der Waals surface area contributed by atoms with Crippen LogP contribution in [0.3, 0.4) is 0 Å². The number of nitrogens with one attached hydrogen (secondary N) is 2. The van der Waals surface area contributed by atoms with E-state index in [-0.39, 0.29) is 12.0 Å². The zero-order valence-electron chi connectivity index (χ0n) is 13.0. The first-order valence-corrected chi connectivity index (χ1v) is 7.12. The highest BCUT2D eigenvalue weighted by molar-refractivity contribution is 6.08. The molecule has 0 atom stereocenters. The van der Waals surface area contributed by atoms with Crippen LogP contribution in [0, 0.1) is 0 Å². The maximum absolute atomic E-state index is 12.0. The predicted molar refractivity (Wildman–Crippen MR) is 89.8 cm³/mol. The van der Waals surface area contributed by atoms with E-state index in [9.17, 15) is 14.4 Å². The van der Waals surface area contributed by atoms with Gasteiger partial charge in [0, 0.05) is 11.3 Å². The van der Waals surface area contributed by atoms with Gasteiger partial charge in [-0.1, -0.05) is 18.2 Å². The van der Waals surface area contributed by atoms with Crippen LogP contribution in [-0.4, -0.2) is 24.8 Å². The standard InChI is InChI=1S/C17H17N3O4/c1-24-14-8-3-2-7-13(14)20-16(22)10-15(21)19-12-6-4-5-11(9-12)17(18)23/h2-9H,10H2,1H3,(H2,18,23)(H,19,21)(H,20,22). The van der Waals surface area contributed by atoms with E-state index < -0.39 is 17.7 Å². The maximum Gasteiger partial charge on any atom is 0.248 e. The summed E-state index contributed by atoms with van der Waals surface area (Å²) in [4.78, 5) is 35.0. The van der Waals surface area contributed by atoms with Gasteiger partial charge in [0.1, 0.15) is 12.2 Å². The van der Waals surface area contributed by atoms with E-state index in [2.05, 4.69) is 10.6 Å². The topological polar surface area (TPSA) is 111 Å². The quantitative estimate of drug-likeness (QED) is 0.702. The first kappa shape index (κ1) is 17.0. The molecule has 0 aliphatic rings. The summed E-state index contributed by atoms with van der Waals surface area (Å²) in [6.45, 7) is 0. The van der Waals surface area contributed by atoms with Gasteiger partial charge in [-0.2, -0.15) is 0 Å². The van der Waals surface area contributed by atoms with Crippen molar-refractivity contribution in [3.05, 3.63) is 54.1 Å². The Kier molecular flexibility index (Phi) is 5.51. The molecule has 24 heavy (non-hydrogen) atoms. The third-order valence-electron chi connectivity index (χ3n) is 3.13. The summed E-state index contributed by atoms with van der Waals surface area (Å²) in [5, 5.41) is 5.15. The molecule has 0 saturated heterocycles. The second kappa shape index (κ2) is 7.77. The van der Waals surface area contributed by atoms with Crippen molar-refractivity contribution in [1.29, 1.82) is 0 Å². The molecule has 0 aromatic heterocycles. The van der Waals surface area contributed by atoms with Crippen molar-refractivity contribution in [3.63, 3.8) is 0 Å². The summed E-state index contributed by atoms with van der Waals surface area (Å²) >= 11 is 0. The lowest BCUT2D eigenvalue weighted by atomic mass is 10.2. The highest BCUT2D eigenvalue weighted by Gasteiger charge is 2.12. The van der Waals surface area contributed by atoms with Crippen molar-refractivity contribution in [2.45, 2.75) is 6.42 Å². The number of nitrogens with two attached hydrogens (primary N) is 1. The van der Waals surface area contributed by atoms with Gasteiger partial charge >= 0.3 is 0 Å². The fourth-order valence-corrected chi connectivity index (χ4v) is 2.04. The van der Waals surface area contributed by atoms with Gasteiger partial charge in [-0.3, -0.25) is 14.4 Å².